The van der Waals surface area contributed by atoms with Crippen molar-refractivity contribution in [2.75, 3.05) is 7.11 Å². The fraction of sp³-hybridized carbons (Fsp3) is 0.417. The number of methoxy groups -OCH3 is 1. The highest BCUT2D eigenvalue weighted by atomic mass is 16.5. The van der Waals surface area contributed by atoms with Crippen LogP contribution in [-0.4, -0.2) is 7.11 Å². The van der Waals surface area contributed by atoms with E-state index in [1.807, 2.05) is 32.0 Å². The summed E-state index contributed by atoms with van der Waals surface area (Å²) in [6, 6.07) is 8.17. The summed E-state index contributed by atoms with van der Waals surface area (Å²) < 4.78 is 5.14. The van der Waals surface area contributed by atoms with Crippen molar-refractivity contribution in [3.05, 3.63) is 29.3 Å². The zero-order valence-corrected chi connectivity index (χ0v) is 8.87. The molecule has 0 fully saturated rings. The monoisotopic (exact) mass is 189 g/mol. The number of hydrogen-bond donors (Lipinski definition) is 0. The molecule has 0 amide bonds. The minimum absolute atomic E-state index is 0.0231. The third kappa shape index (κ3) is 2.05. The van der Waals surface area contributed by atoms with Crippen LogP contribution in [-0.2, 0) is 0 Å². The number of rotatable bonds is 3. The fourth-order valence-corrected chi connectivity index (χ4v) is 1.50. The van der Waals surface area contributed by atoms with Crippen LogP contribution in [0, 0.1) is 18.3 Å². The van der Waals surface area contributed by atoms with Crippen LogP contribution in [0.5, 0.6) is 5.75 Å². The van der Waals surface area contributed by atoms with E-state index in [9.17, 15) is 0 Å². The molecule has 0 aliphatic rings. The van der Waals surface area contributed by atoms with Gasteiger partial charge in [-0.2, -0.15) is 5.26 Å². The number of hydrogen-bond acceptors (Lipinski definition) is 2. The summed E-state index contributed by atoms with van der Waals surface area (Å²) in [5.41, 5.74) is 2.23. The Kier molecular flexibility index (Phi) is 3.53. The second kappa shape index (κ2) is 4.66. The van der Waals surface area contributed by atoms with Gasteiger partial charge in [0.15, 0.2) is 0 Å². The number of aryl methyl sites for hydroxylation is 1. The van der Waals surface area contributed by atoms with Gasteiger partial charge in [0.25, 0.3) is 0 Å². The van der Waals surface area contributed by atoms with Crippen LogP contribution in [0.4, 0.5) is 0 Å². The van der Waals surface area contributed by atoms with E-state index < -0.39 is 0 Å². The van der Waals surface area contributed by atoms with Crippen molar-refractivity contribution in [2.24, 2.45) is 0 Å². The van der Waals surface area contributed by atoms with Crippen LogP contribution in [0.15, 0.2) is 18.2 Å². The number of ether oxygens (including phenoxy) is 1. The van der Waals surface area contributed by atoms with E-state index in [4.69, 9.17) is 10.00 Å². The van der Waals surface area contributed by atoms with Crippen LogP contribution in [0.1, 0.15) is 30.4 Å². The second-order valence-corrected chi connectivity index (χ2v) is 3.31. The summed E-state index contributed by atoms with van der Waals surface area (Å²) >= 11 is 0. The highest BCUT2D eigenvalue weighted by molar-refractivity contribution is 5.39. The van der Waals surface area contributed by atoms with Gasteiger partial charge in [-0.15, -0.1) is 0 Å². The van der Waals surface area contributed by atoms with Gasteiger partial charge in [-0.05, 0) is 36.6 Å². The lowest BCUT2D eigenvalue weighted by Crippen LogP contribution is -1.97. The van der Waals surface area contributed by atoms with E-state index in [-0.39, 0.29) is 5.92 Å². The Balaban J connectivity index is 3.12. The molecule has 0 spiro atoms. The van der Waals surface area contributed by atoms with Gasteiger partial charge >= 0.3 is 0 Å². The first kappa shape index (κ1) is 10.6. The molecule has 2 heteroatoms. The molecule has 0 saturated carbocycles. The van der Waals surface area contributed by atoms with Crippen molar-refractivity contribution in [3.8, 4) is 11.8 Å². The molecule has 0 saturated heterocycles. The Morgan fingerprint density at radius 3 is 2.71 bits per heavy atom. The van der Waals surface area contributed by atoms with Gasteiger partial charge in [-0.3, -0.25) is 0 Å². The minimum atomic E-state index is -0.0231. The maximum Gasteiger partial charge on any atom is 0.119 e. The van der Waals surface area contributed by atoms with E-state index in [0.29, 0.717) is 0 Å². The van der Waals surface area contributed by atoms with Crippen molar-refractivity contribution < 1.29 is 4.74 Å². The molecule has 0 aliphatic carbocycles. The lowest BCUT2D eigenvalue weighted by molar-refractivity contribution is 0.414. The fourth-order valence-electron chi connectivity index (χ4n) is 1.50. The molecule has 1 aromatic carbocycles. The maximum atomic E-state index is 8.98. The SMILES string of the molecule is CCC(C#N)c1cc(OC)ccc1C. The summed E-state index contributed by atoms with van der Waals surface area (Å²) in [4.78, 5) is 0. The van der Waals surface area contributed by atoms with E-state index in [2.05, 4.69) is 6.07 Å². The molecule has 1 atom stereocenters. The van der Waals surface area contributed by atoms with E-state index in [1.165, 1.54) is 0 Å². The lowest BCUT2D eigenvalue weighted by Gasteiger charge is -2.11. The number of nitriles is 1. The van der Waals surface area contributed by atoms with Crippen molar-refractivity contribution >= 4 is 0 Å². The average molecular weight is 189 g/mol. The standard InChI is InChI=1S/C12H15NO/c1-4-10(8-13)12-7-11(14-3)6-5-9(12)2/h5-7,10H,4H2,1-3H3. The third-order valence-corrected chi connectivity index (χ3v) is 2.43. The molecule has 0 radical (unpaired) electrons. The first-order valence-electron chi connectivity index (χ1n) is 4.77. The minimum Gasteiger partial charge on any atom is -0.497 e. The maximum absolute atomic E-state index is 8.98. The Morgan fingerprint density at radius 2 is 2.21 bits per heavy atom. The van der Waals surface area contributed by atoms with Crippen molar-refractivity contribution in [3.63, 3.8) is 0 Å². The number of benzene rings is 1. The van der Waals surface area contributed by atoms with Crippen molar-refractivity contribution in [1.82, 2.24) is 0 Å². The van der Waals surface area contributed by atoms with Gasteiger partial charge in [0.05, 0.1) is 19.1 Å². The molecule has 0 aliphatic heterocycles. The predicted molar refractivity (Wildman–Crippen MR) is 56.4 cm³/mol. The third-order valence-electron chi connectivity index (χ3n) is 2.43. The quantitative estimate of drug-likeness (QED) is 0.732. The summed E-state index contributed by atoms with van der Waals surface area (Å²) in [5.74, 6) is 0.796. The van der Waals surface area contributed by atoms with Gasteiger partial charge in [0.2, 0.25) is 0 Å². The largest absolute Gasteiger partial charge is 0.497 e. The second-order valence-electron chi connectivity index (χ2n) is 3.31. The van der Waals surface area contributed by atoms with Gasteiger partial charge in [0, 0.05) is 0 Å². The van der Waals surface area contributed by atoms with Gasteiger partial charge in [-0.25, -0.2) is 0 Å². The topological polar surface area (TPSA) is 33.0 Å². The summed E-state index contributed by atoms with van der Waals surface area (Å²) in [5, 5.41) is 8.98. The van der Waals surface area contributed by atoms with Crippen LogP contribution < -0.4 is 4.74 Å². The summed E-state index contributed by atoms with van der Waals surface area (Å²) in [7, 11) is 1.64. The average Bonchev–Trinajstić information content (AvgIpc) is 2.22. The molecule has 0 bridgehead atoms. The Bertz CT molecular complexity index is 352. The summed E-state index contributed by atoms with van der Waals surface area (Å²) in [6.07, 6.45) is 0.838. The van der Waals surface area contributed by atoms with Crippen molar-refractivity contribution in [2.45, 2.75) is 26.2 Å². The molecular formula is C12H15NO. The highest BCUT2D eigenvalue weighted by Gasteiger charge is 2.11. The molecule has 2 nitrogen and oxygen atoms in total. The van der Waals surface area contributed by atoms with Gasteiger partial charge < -0.3 is 4.74 Å². The zero-order chi connectivity index (χ0) is 10.6. The van der Waals surface area contributed by atoms with Crippen LogP contribution in [0.2, 0.25) is 0 Å². The smallest absolute Gasteiger partial charge is 0.119 e. The predicted octanol–water partition coefficient (Wildman–Crippen LogP) is 3.02. The normalized spacial score (nSPS) is 11.9. The highest BCUT2D eigenvalue weighted by Crippen LogP contribution is 2.26. The van der Waals surface area contributed by atoms with E-state index in [1.54, 1.807) is 7.11 Å². The number of nitrogens with zero attached hydrogens (tertiary/aromatic N) is 1. The molecule has 74 valence electrons. The first-order chi connectivity index (χ1) is 6.72. The Labute approximate surface area is 85.1 Å². The first-order valence-corrected chi connectivity index (χ1v) is 4.77. The Hall–Kier alpha value is -1.49. The zero-order valence-electron chi connectivity index (χ0n) is 8.87. The molecule has 0 heterocycles. The molecular weight excluding hydrogens is 174 g/mol. The Morgan fingerprint density at radius 1 is 1.50 bits per heavy atom. The van der Waals surface area contributed by atoms with Crippen LogP contribution in [0.25, 0.3) is 0 Å². The molecule has 1 rings (SSSR count). The molecule has 0 aromatic heterocycles. The molecule has 0 N–H and O–H groups in total. The molecule has 1 unspecified atom stereocenters. The van der Waals surface area contributed by atoms with E-state index >= 15 is 0 Å². The van der Waals surface area contributed by atoms with Crippen LogP contribution >= 0.6 is 0 Å². The molecule has 14 heavy (non-hydrogen) atoms. The summed E-state index contributed by atoms with van der Waals surface area (Å²) in [6.45, 7) is 4.04. The van der Waals surface area contributed by atoms with Gasteiger partial charge in [0.1, 0.15) is 5.75 Å². The lowest BCUT2D eigenvalue weighted by atomic mass is 9.94. The van der Waals surface area contributed by atoms with E-state index in [0.717, 1.165) is 23.3 Å². The molecule has 1 aromatic rings. The van der Waals surface area contributed by atoms with Gasteiger partial charge in [-0.1, -0.05) is 13.0 Å². The van der Waals surface area contributed by atoms with Crippen LogP contribution in [0.3, 0.4) is 0 Å². The van der Waals surface area contributed by atoms with Crippen molar-refractivity contribution in [1.29, 1.82) is 5.26 Å².